The van der Waals surface area contributed by atoms with E-state index in [1.165, 1.54) is 17.0 Å². The summed E-state index contributed by atoms with van der Waals surface area (Å²) in [5.41, 5.74) is 2.33. The molecule has 10 heteroatoms. The number of piperazine rings is 1. The highest BCUT2D eigenvalue weighted by atomic mass is 32.2. The van der Waals surface area contributed by atoms with Crippen molar-refractivity contribution in [3.8, 4) is 0 Å². The van der Waals surface area contributed by atoms with E-state index >= 15 is 0 Å². The number of benzene rings is 2. The van der Waals surface area contributed by atoms with Gasteiger partial charge in [-0.05, 0) is 49.1 Å². The molecule has 0 radical (unpaired) electrons. The quantitative estimate of drug-likeness (QED) is 0.533. The standard InChI is InChI=1S/C26H27N3O5S2/c1-18-9-11-20(12-10-18)36(33,34)24(27-23(30)22-8-5-17-35-22)26(32)29-15-13-28(14-16-29)25(31)21-7-4-3-6-19(21)2/h3-12,17,24H,13-16H2,1-2H3,(H,27,30). The van der Waals surface area contributed by atoms with Crippen LogP contribution >= 0.6 is 11.3 Å². The highest BCUT2D eigenvalue weighted by molar-refractivity contribution is 7.92. The molecule has 1 N–H and O–H groups in total. The van der Waals surface area contributed by atoms with Gasteiger partial charge in [0.05, 0.1) is 9.77 Å². The summed E-state index contributed by atoms with van der Waals surface area (Å²) >= 11 is 1.16. The Labute approximate surface area is 214 Å². The molecule has 1 aromatic heterocycles. The summed E-state index contributed by atoms with van der Waals surface area (Å²) in [7, 11) is -4.23. The molecule has 3 aromatic rings. The first kappa shape index (κ1) is 25.6. The summed E-state index contributed by atoms with van der Waals surface area (Å²) in [6.07, 6.45) is 0. The van der Waals surface area contributed by atoms with Gasteiger partial charge in [-0.25, -0.2) is 8.42 Å². The van der Waals surface area contributed by atoms with Crippen molar-refractivity contribution in [2.24, 2.45) is 0 Å². The molecule has 3 amide bonds. The molecule has 1 unspecified atom stereocenters. The predicted octanol–water partition coefficient (Wildman–Crippen LogP) is 2.88. The van der Waals surface area contributed by atoms with Crippen molar-refractivity contribution in [2.45, 2.75) is 24.1 Å². The van der Waals surface area contributed by atoms with E-state index in [1.54, 1.807) is 46.7 Å². The fourth-order valence-corrected chi connectivity index (χ4v) is 6.10. The smallest absolute Gasteiger partial charge is 0.262 e. The average molecular weight is 526 g/mol. The maximum atomic E-state index is 13.5. The maximum Gasteiger partial charge on any atom is 0.262 e. The van der Waals surface area contributed by atoms with Crippen LogP contribution in [0, 0.1) is 13.8 Å². The lowest BCUT2D eigenvalue weighted by Crippen LogP contribution is -2.57. The fraction of sp³-hybridized carbons (Fsp3) is 0.269. The van der Waals surface area contributed by atoms with Crippen LogP contribution < -0.4 is 5.32 Å². The summed E-state index contributed by atoms with van der Waals surface area (Å²) in [5.74, 6) is -1.48. The molecule has 1 atom stereocenters. The molecule has 0 bridgehead atoms. The van der Waals surface area contributed by atoms with Gasteiger partial charge >= 0.3 is 0 Å². The minimum absolute atomic E-state index is 0.0497. The summed E-state index contributed by atoms with van der Waals surface area (Å²) < 4.78 is 27.0. The van der Waals surface area contributed by atoms with E-state index in [9.17, 15) is 22.8 Å². The number of hydrogen-bond donors (Lipinski definition) is 1. The number of hydrogen-bond acceptors (Lipinski definition) is 6. The van der Waals surface area contributed by atoms with Crippen molar-refractivity contribution < 1.29 is 22.8 Å². The van der Waals surface area contributed by atoms with Gasteiger partial charge in [-0.2, -0.15) is 0 Å². The second-order valence-corrected chi connectivity index (χ2v) is 11.6. The first-order valence-corrected chi connectivity index (χ1v) is 13.9. The van der Waals surface area contributed by atoms with Crippen LogP contribution in [0.15, 0.2) is 70.9 Å². The Balaban J connectivity index is 1.54. The van der Waals surface area contributed by atoms with Crippen molar-refractivity contribution >= 4 is 38.9 Å². The van der Waals surface area contributed by atoms with Gasteiger partial charge < -0.3 is 15.1 Å². The summed E-state index contributed by atoms with van der Waals surface area (Å²) in [5, 5.41) is 2.36. The average Bonchev–Trinajstić information content (AvgIpc) is 3.42. The summed E-state index contributed by atoms with van der Waals surface area (Å²) in [4.78, 5) is 42.6. The van der Waals surface area contributed by atoms with E-state index in [0.29, 0.717) is 10.4 Å². The lowest BCUT2D eigenvalue weighted by molar-refractivity contribution is -0.132. The van der Waals surface area contributed by atoms with Crippen LogP contribution in [0.4, 0.5) is 0 Å². The number of nitrogens with zero attached hydrogens (tertiary/aromatic N) is 2. The first-order chi connectivity index (χ1) is 17.2. The van der Waals surface area contributed by atoms with Gasteiger partial charge in [-0.1, -0.05) is 42.0 Å². The number of nitrogens with one attached hydrogen (secondary N) is 1. The molecule has 0 spiro atoms. The van der Waals surface area contributed by atoms with Crippen LogP contribution in [0.5, 0.6) is 0 Å². The Bertz CT molecular complexity index is 1360. The molecule has 36 heavy (non-hydrogen) atoms. The zero-order chi connectivity index (χ0) is 25.9. The monoisotopic (exact) mass is 525 g/mol. The van der Waals surface area contributed by atoms with Gasteiger partial charge in [0, 0.05) is 31.7 Å². The van der Waals surface area contributed by atoms with E-state index in [2.05, 4.69) is 5.32 Å². The molecule has 188 valence electrons. The molecular weight excluding hydrogens is 498 g/mol. The van der Waals surface area contributed by atoms with Crippen LogP contribution in [0.2, 0.25) is 0 Å². The molecule has 1 aliphatic rings. The number of carbonyl (C=O) groups excluding carboxylic acids is 3. The van der Waals surface area contributed by atoms with Crippen molar-refractivity contribution in [2.75, 3.05) is 26.2 Å². The van der Waals surface area contributed by atoms with E-state index in [1.807, 2.05) is 26.0 Å². The number of thiophene rings is 1. The van der Waals surface area contributed by atoms with Gasteiger partial charge in [-0.15, -0.1) is 11.3 Å². The molecule has 4 rings (SSSR count). The Hall–Kier alpha value is -3.50. The lowest BCUT2D eigenvalue weighted by atomic mass is 10.1. The van der Waals surface area contributed by atoms with Gasteiger partial charge in [0.1, 0.15) is 0 Å². The highest BCUT2D eigenvalue weighted by Crippen LogP contribution is 2.20. The van der Waals surface area contributed by atoms with Gasteiger partial charge in [0.25, 0.3) is 17.7 Å². The number of sulfone groups is 1. The molecule has 8 nitrogen and oxygen atoms in total. The minimum Gasteiger partial charge on any atom is -0.336 e. The zero-order valence-electron chi connectivity index (χ0n) is 20.0. The van der Waals surface area contributed by atoms with Crippen molar-refractivity contribution in [3.63, 3.8) is 0 Å². The topological polar surface area (TPSA) is 104 Å². The molecule has 1 aliphatic heterocycles. The molecule has 2 heterocycles. The van der Waals surface area contributed by atoms with Gasteiger partial charge in [-0.3, -0.25) is 14.4 Å². The normalized spacial score (nSPS) is 14.8. The zero-order valence-corrected chi connectivity index (χ0v) is 21.6. The first-order valence-electron chi connectivity index (χ1n) is 11.5. The second-order valence-electron chi connectivity index (χ2n) is 8.62. The third-order valence-corrected chi connectivity index (χ3v) is 8.88. The molecule has 0 saturated carbocycles. The van der Waals surface area contributed by atoms with Crippen LogP contribution in [0.25, 0.3) is 0 Å². The van der Waals surface area contributed by atoms with E-state index < -0.39 is 27.0 Å². The Morgan fingerprint density at radius 2 is 1.50 bits per heavy atom. The lowest BCUT2D eigenvalue weighted by Gasteiger charge is -2.36. The molecular formula is C26H27N3O5S2. The van der Waals surface area contributed by atoms with E-state index in [0.717, 1.165) is 22.5 Å². The van der Waals surface area contributed by atoms with Gasteiger partial charge in [0.2, 0.25) is 15.2 Å². The van der Waals surface area contributed by atoms with Gasteiger partial charge in [0.15, 0.2) is 0 Å². The molecule has 2 aromatic carbocycles. The fourth-order valence-electron chi connectivity index (χ4n) is 4.01. The summed E-state index contributed by atoms with van der Waals surface area (Å²) in [6, 6.07) is 16.7. The number of rotatable bonds is 6. The highest BCUT2D eigenvalue weighted by Gasteiger charge is 2.39. The van der Waals surface area contributed by atoms with Crippen LogP contribution in [-0.2, 0) is 14.6 Å². The molecule has 1 fully saturated rings. The van der Waals surface area contributed by atoms with Crippen molar-refractivity contribution in [1.82, 2.24) is 15.1 Å². The van der Waals surface area contributed by atoms with Crippen LogP contribution in [-0.4, -0.2) is 67.5 Å². The molecule has 1 saturated heterocycles. The maximum absolute atomic E-state index is 13.5. The number of aryl methyl sites for hydroxylation is 2. The van der Waals surface area contributed by atoms with Crippen molar-refractivity contribution in [1.29, 1.82) is 0 Å². The second kappa shape index (κ2) is 10.6. The van der Waals surface area contributed by atoms with E-state index in [4.69, 9.17) is 0 Å². The van der Waals surface area contributed by atoms with Crippen LogP contribution in [0.1, 0.15) is 31.2 Å². The largest absolute Gasteiger partial charge is 0.336 e. The SMILES string of the molecule is Cc1ccc(S(=O)(=O)C(NC(=O)c2cccs2)C(=O)N2CCN(C(=O)c3ccccc3C)CC2)cc1. The third-order valence-electron chi connectivity index (χ3n) is 6.15. The van der Waals surface area contributed by atoms with Crippen LogP contribution in [0.3, 0.4) is 0 Å². The molecule has 0 aliphatic carbocycles. The Kier molecular flexibility index (Phi) is 7.56. The van der Waals surface area contributed by atoms with Crippen molar-refractivity contribution in [3.05, 3.63) is 87.6 Å². The third kappa shape index (κ3) is 5.34. The Morgan fingerprint density at radius 1 is 0.861 bits per heavy atom. The minimum atomic E-state index is -4.23. The summed E-state index contributed by atoms with van der Waals surface area (Å²) in [6.45, 7) is 4.53. The number of amides is 3. The predicted molar refractivity (Wildman–Crippen MR) is 138 cm³/mol. The van der Waals surface area contributed by atoms with E-state index in [-0.39, 0.29) is 37.0 Å². The Morgan fingerprint density at radius 3 is 2.11 bits per heavy atom. The number of carbonyl (C=O) groups is 3.